The molecule has 0 amide bonds. The fourth-order valence-corrected chi connectivity index (χ4v) is 2.09. The van der Waals surface area contributed by atoms with Gasteiger partial charge in [-0.15, -0.1) is 0 Å². The Bertz CT molecular complexity index is 553. The lowest BCUT2D eigenvalue weighted by atomic mass is 10.0. The Balaban J connectivity index is 2.02. The quantitative estimate of drug-likeness (QED) is 0.676. The van der Waals surface area contributed by atoms with Crippen molar-refractivity contribution in [2.24, 2.45) is 4.99 Å². The van der Waals surface area contributed by atoms with Crippen LogP contribution in [0.5, 0.6) is 0 Å². The largest absolute Gasteiger partial charge is 0.252 e. The Morgan fingerprint density at radius 1 is 1.00 bits per heavy atom. The molecule has 1 nitrogen and oxygen atoms in total. The maximum absolute atomic E-state index is 4.70. The van der Waals surface area contributed by atoms with E-state index >= 15 is 0 Å². The third-order valence-electron chi connectivity index (χ3n) is 2.96. The average molecular weight is 207 g/mol. The van der Waals surface area contributed by atoms with Crippen molar-refractivity contribution in [2.45, 2.75) is 13.3 Å². The van der Waals surface area contributed by atoms with Crippen LogP contribution in [0.3, 0.4) is 0 Å². The van der Waals surface area contributed by atoms with Gasteiger partial charge in [0, 0.05) is 6.42 Å². The molecule has 3 rings (SSSR count). The predicted octanol–water partition coefficient (Wildman–Crippen LogP) is 3.67. The van der Waals surface area contributed by atoms with Crippen LogP contribution in [-0.2, 0) is 6.42 Å². The van der Waals surface area contributed by atoms with E-state index in [0.29, 0.717) is 0 Å². The Morgan fingerprint density at radius 3 is 2.62 bits per heavy atom. The average Bonchev–Trinajstić information content (AvgIpc) is 2.73. The van der Waals surface area contributed by atoms with Crippen molar-refractivity contribution in [3.63, 3.8) is 0 Å². The molecule has 0 N–H and O–H groups in total. The molecule has 0 fully saturated rings. The van der Waals surface area contributed by atoms with E-state index in [9.17, 15) is 0 Å². The molecule has 0 atom stereocenters. The molecule has 78 valence electrons. The van der Waals surface area contributed by atoms with Gasteiger partial charge in [-0.25, -0.2) is 0 Å². The van der Waals surface area contributed by atoms with E-state index < -0.39 is 0 Å². The lowest BCUT2D eigenvalue weighted by molar-refractivity contribution is 1.35. The summed E-state index contributed by atoms with van der Waals surface area (Å²) in [6, 6.07) is 16.9. The standard InChI is InChI=1S/C15H13N/c1-11-7-8-13-10-15(16-14(13)9-11)12-5-3-2-4-6-12/h2-9H,10H2,1H3. The van der Waals surface area contributed by atoms with Crippen LogP contribution in [0.25, 0.3) is 0 Å². The fraction of sp³-hybridized carbons (Fsp3) is 0.133. The molecule has 1 aliphatic rings. The number of aliphatic imine (C=N–C) groups is 1. The summed E-state index contributed by atoms with van der Waals surface area (Å²) in [6.45, 7) is 2.11. The molecule has 0 unspecified atom stereocenters. The highest BCUT2D eigenvalue weighted by Gasteiger charge is 2.15. The first-order valence-electron chi connectivity index (χ1n) is 5.55. The second-order valence-corrected chi connectivity index (χ2v) is 4.23. The van der Waals surface area contributed by atoms with Crippen LogP contribution >= 0.6 is 0 Å². The third-order valence-corrected chi connectivity index (χ3v) is 2.96. The Morgan fingerprint density at radius 2 is 1.81 bits per heavy atom. The number of hydrogen-bond acceptors (Lipinski definition) is 1. The predicted molar refractivity (Wildman–Crippen MR) is 67.5 cm³/mol. The molecule has 0 spiro atoms. The number of benzene rings is 2. The van der Waals surface area contributed by atoms with E-state index in [1.165, 1.54) is 22.4 Å². The van der Waals surface area contributed by atoms with E-state index in [-0.39, 0.29) is 0 Å². The first-order chi connectivity index (χ1) is 7.83. The van der Waals surface area contributed by atoms with Crippen LogP contribution in [0.2, 0.25) is 0 Å². The van der Waals surface area contributed by atoms with Crippen LogP contribution in [-0.4, -0.2) is 5.71 Å². The van der Waals surface area contributed by atoms with Crippen molar-refractivity contribution < 1.29 is 0 Å². The summed E-state index contributed by atoms with van der Waals surface area (Å²) in [7, 11) is 0. The second-order valence-electron chi connectivity index (χ2n) is 4.23. The zero-order chi connectivity index (χ0) is 11.0. The van der Waals surface area contributed by atoms with Crippen LogP contribution < -0.4 is 0 Å². The van der Waals surface area contributed by atoms with E-state index in [1.807, 2.05) is 6.07 Å². The van der Waals surface area contributed by atoms with Gasteiger partial charge < -0.3 is 0 Å². The minimum atomic E-state index is 0.958. The summed E-state index contributed by atoms with van der Waals surface area (Å²) >= 11 is 0. The second kappa shape index (κ2) is 3.60. The maximum Gasteiger partial charge on any atom is 0.0671 e. The SMILES string of the molecule is Cc1ccc2c(c1)N=C(c1ccccc1)C2. The molecule has 0 saturated carbocycles. The summed E-state index contributed by atoms with van der Waals surface area (Å²) in [5.41, 5.74) is 6.16. The number of fused-ring (bicyclic) bond motifs is 1. The summed E-state index contributed by atoms with van der Waals surface area (Å²) in [4.78, 5) is 4.70. The normalized spacial score (nSPS) is 13.4. The van der Waals surface area contributed by atoms with Crippen LogP contribution in [0.4, 0.5) is 5.69 Å². The summed E-state index contributed by atoms with van der Waals surface area (Å²) in [6.07, 6.45) is 0.958. The monoisotopic (exact) mass is 207 g/mol. The van der Waals surface area contributed by atoms with Gasteiger partial charge in [0.2, 0.25) is 0 Å². The van der Waals surface area contributed by atoms with Crippen molar-refractivity contribution in [3.05, 3.63) is 65.2 Å². The molecular weight excluding hydrogens is 194 g/mol. The number of aryl methyl sites for hydroxylation is 1. The van der Waals surface area contributed by atoms with Gasteiger partial charge >= 0.3 is 0 Å². The Labute approximate surface area is 95.5 Å². The molecule has 0 saturated heterocycles. The first kappa shape index (κ1) is 9.34. The zero-order valence-corrected chi connectivity index (χ0v) is 9.27. The molecule has 1 heteroatoms. The van der Waals surface area contributed by atoms with Gasteiger partial charge in [-0.2, -0.15) is 0 Å². The van der Waals surface area contributed by atoms with E-state index in [4.69, 9.17) is 4.99 Å². The van der Waals surface area contributed by atoms with E-state index in [1.54, 1.807) is 0 Å². The summed E-state index contributed by atoms with van der Waals surface area (Å²) in [5.74, 6) is 0. The Hall–Kier alpha value is -1.89. The zero-order valence-electron chi connectivity index (χ0n) is 9.27. The highest BCUT2D eigenvalue weighted by Crippen LogP contribution is 2.29. The lowest BCUT2D eigenvalue weighted by Gasteiger charge is -1.98. The van der Waals surface area contributed by atoms with Gasteiger partial charge in [0.25, 0.3) is 0 Å². The summed E-state index contributed by atoms with van der Waals surface area (Å²) in [5, 5.41) is 0. The van der Waals surface area contributed by atoms with Gasteiger partial charge in [-0.05, 0) is 29.7 Å². The van der Waals surface area contributed by atoms with Crippen LogP contribution in [0.15, 0.2) is 53.5 Å². The van der Waals surface area contributed by atoms with Crippen molar-refractivity contribution in [1.29, 1.82) is 0 Å². The van der Waals surface area contributed by atoms with Gasteiger partial charge in [-0.1, -0.05) is 42.5 Å². The highest BCUT2D eigenvalue weighted by molar-refractivity contribution is 6.06. The van der Waals surface area contributed by atoms with E-state index in [0.717, 1.165) is 12.1 Å². The number of nitrogens with zero attached hydrogens (tertiary/aromatic N) is 1. The molecule has 0 bridgehead atoms. The minimum absolute atomic E-state index is 0.958. The van der Waals surface area contributed by atoms with Crippen molar-refractivity contribution in [3.8, 4) is 0 Å². The topological polar surface area (TPSA) is 12.4 Å². The molecule has 1 heterocycles. The van der Waals surface area contributed by atoms with Crippen molar-refractivity contribution in [1.82, 2.24) is 0 Å². The molecule has 2 aromatic carbocycles. The smallest absolute Gasteiger partial charge is 0.0671 e. The van der Waals surface area contributed by atoms with Gasteiger partial charge in [0.15, 0.2) is 0 Å². The molecule has 0 aromatic heterocycles. The third kappa shape index (κ3) is 1.54. The highest BCUT2D eigenvalue weighted by atomic mass is 14.8. The molecule has 0 aliphatic carbocycles. The van der Waals surface area contributed by atoms with Crippen LogP contribution in [0.1, 0.15) is 16.7 Å². The molecule has 1 aliphatic heterocycles. The van der Waals surface area contributed by atoms with Crippen molar-refractivity contribution >= 4 is 11.4 Å². The van der Waals surface area contributed by atoms with Gasteiger partial charge in [0.05, 0.1) is 11.4 Å². The number of rotatable bonds is 1. The summed E-state index contributed by atoms with van der Waals surface area (Å²) < 4.78 is 0. The molecule has 16 heavy (non-hydrogen) atoms. The van der Waals surface area contributed by atoms with Crippen LogP contribution in [0, 0.1) is 6.92 Å². The molecule has 2 aromatic rings. The lowest BCUT2D eigenvalue weighted by Crippen LogP contribution is -1.99. The van der Waals surface area contributed by atoms with Gasteiger partial charge in [0.1, 0.15) is 0 Å². The Kier molecular flexibility index (Phi) is 2.10. The minimum Gasteiger partial charge on any atom is -0.252 e. The number of hydrogen-bond donors (Lipinski definition) is 0. The fourth-order valence-electron chi connectivity index (χ4n) is 2.09. The van der Waals surface area contributed by atoms with E-state index in [2.05, 4.69) is 49.4 Å². The maximum atomic E-state index is 4.70. The molecule has 0 radical (unpaired) electrons. The van der Waals surface area contributed by atoms with Crippen molar-refractivity contribution in [2.75, 3.05) is 0 Å². The molecular formula is C15H13N. The first-order valence-corrected chi connectivity index (χ1v) is 5.55. The van der Waals surface area contributed by atoms with Gasteiger partial charge in [-0.3, -0.25) is 4.99 Å².